The Morgan fingerprint density at radius 2 is 1.76 bits per heavy atom. The molecule has 1 unspecified atom stereocenters. The van der Waals surface area contributed by atoms with Crippen LogP contribution in [0.2, 0.25) is 0 Å². The number of hydrogen-bond acceptors (Lipinski definition) is 4. The molecule has 2 aromatic carbocycles. The van der Waals surface area contributed by atoms with E-state index in [1.54, 1.807) is 6.92 Å². The van der Waals surface area contributed by atoms with E-state index in [9.17, 15) is 9.59 Å². The molecular weight excluding hydrogens is 368 g/mol. The van der Waals surface area contributed by atoms with Gasteiger partial charge in [0.1, 0.15) is 12.4 Å². The molecule has 2 N–H and O–H groups in total. The van der Waals surface area contributed by atoms with Gasteiger partial charge in [-0.1, -0.05) is 61.9 Å². The fraction of sp³-hybridized carbons (Fsp3) is 0.304. The summed E-state index contributed by atoms with van der Waals surface area (Å²) < 4.78 is 11.3. The maximum atomic E-state index is 12.8. The van der Waals surface area contributed by atoms with Crippen LogP contribution in [0, 0.1) is 0 Å². The maximum absolute atomic E-state index is 12.8. The SMILES string of the molecule is CCCC1=C(C(=O)OCC)C(c2ccccc2OCc2ccccc2)NC(=O)N1. The number of amides is 2. The first-order chi connectivity index (χ1) is 14.1. The van der Waals surface area contributed by atoms with Crippen molar-refractivity contribution < 1.29 is 19.1 Å². The number of benzene rings is 2. The minimum Gasteiger partial charge on any atom is -0.489 e. The van der Waals surface area contributed by atoms with Crippen molar-refractivity contribution in [1.82, 2.24) is 10.6 Å². The fourth-order valence-electron chi connectivity index (χ4n) is 3.33. The number of para-hydroxylation sites is 1. The summed E-state index contributed by atoms with van der Waals surface area (Å²) in [7, 11) is 0. The Balaban J connectivity index is 1.97. The molecule has 0 radical (unpaired) electrons. The highest BCUT2D eigenvalue weighted by atomic mass is 16.5. The minimum absolute atomic E-state index is 0.258. The van der Waals surface area contributed by atoms with Crippen molar-refractivity contribution in [3.8, 4) is 5.75 Å². The van der Waals surface area contributed by atoms with Crippen molar-refractivity contribution in [2.75, 3.05) is 6.61 Å². The van der Waals surface area contributed by atoms with Crippen molar-refractivity contribution in [3.63, 3.8) is 0 Å². The summed E-state index contributed by atoms with van der Waals surface area (Å²) in [5.41, 5.74) is 2.76. The van der Waals surface area contributed by atoms with Crippen LogP contribution in [0.4, 0.5) is 4.79 Å². The van der Waals surface area contributed by atoms with E-state index in [2.05, 4.69) is 10.6 Å². The lowest BCUT2D eigenvalue weighted by molar-refractivity contribution is -0.139. The normalized spacial score (nSPS) is 16.1. The number of carbonyl (C=O) groups is 2. The van der Waals surface area contributed by atoms with Gasteiger partial charge >= 0.3 is 12.0 Å². The van der Waals surface area contributed by atoms with Crippen LogP contribution in [0.15, 0.2) is 65.9 Å². The Morgan fingerprint density at radius 1 is 1.03 bits per heavy atom. The van der Waals surface area contributed by atoms with Gasteiger partial charge in [-0.3, -0.25) is 0 Å². The van der Waals surface area contributed by atoms with Gasteiger partial charge in [0, 0.05) is 11.3 Å². The first-order valence-corrected chi connectivity index (χ1v) is 9.87. The minimum atomic E-state index is -0.642. The van der Waals surface area contributed by atoms with E-state index < -0.39 is 12.0 Å². The van der Waals surface area contributed by atoms with Gasteiger partial charge in [0.05, 0.1) is 18.2 Å². The van der Waals surface area contributed by atoms with Crippen LogP contribution >= 0.6 is 0 Å². The number of urea groups is 1. The number of ether oxygens (including phenoxy) is 2. The summed E-state index contributed by atoms with van der Waals surface area (Å²) in [6.07, 6.45) is 1.36. The topological polar surface area (TPSA) is 76.7 Å². The Hall–Kier alpha value is -3.28. The van der Waals surface area contributed by atoms with E-state index in [1.165, 1.54) is 0 Å². The average Bonchev–Trinajstić information content (AvgIpc) is 2.73. The lowest BCUT2D eigenvalue weighted by Crippen LogP contribution is -2.46. The van der Waals surface area contributed by atoms with Gasteiger partial charge in [0.2, 0.25) is 0 Å². The summed E-state index contributed by atoms with van der Waals surface area (Å²) in [5.74, 6) is 0.174. The fourth-order valence-corrected chi connectivity index (χ4v) is 3.33. The second-order valence-electron chi connectivity index (χ2n) is 6.71. The second kappa shape index (κ2) is 9.78. The number of esters is 1. The zero-order chi connectivity index (χ0) is 20.6. The molecule has 1 aliphatic heterocycles. The third kappa shape index (κ3) is 4.96. The zero-order valence-corrected chi connectivity index (χ0v) is 16.7. The molecule has 0 aromatic heterocycles. The van der Waals surface area contributed by atoms with Crippen molar-refractivity contribution in [2.45, 2.75) is 39.3 Å². The van der Waals surface area contributed by atoms with Gasteiger partial charge in [0.15, 0.2) is 0 Å². The van der Waals surface area contributed by atoms with E-state index in [-0.39, 0.29) is 12.6 Å². The molecule has 6 nitrogen and oxygen atoms in total. The number of allylic oxidation sites excluding steroid dienone is 1. The lowest BCUT2D eigenvalue weighted by atomic mass is 9.93. The van der Waals surface area contributed by atoms with Crippen LogP contribution in [0.3, 0.4) is 0 Å². The summed E-state index contributed by atoms with van der Waals surface area (Å²) in [5, 5.41) is 5.63. The molecule has 1 aliphatic rings. The first kappa shape index (κ1) is 20.5. The molecule has 0 saturated heterocycles. The molecule has 2 aromatic rings. The van der Waals surface area contributed by atoms with Gasteiger partial charge in [-0.05, 0) is 25.0 Å². The quantitative estimate of drug-likeness (QED) is 0.657. The molecule has 0 aliphatic carbocycles. The van der Waals surface area contributed by atoms with E-state index in [0.29, 0.717) is 30.0 Å². The highest BCUT2D eigenvalue weighted by Crippen LogP contribution is 2.34. The van der Waals surface area contributed by atoms with Gasteiger partial charge in [-0.25, -0.2) is 9.59 Å². The molecule has 0 bridgehead atoms. The van der Waals surface area contributed by atoms with Crippen LogP contribution in [0.25, 0.3) is 0 Å². The Kier molecular flexibility index (Phi) is 6.89. The van der Waals surface area contributed by atoms with Crippen LogP contribution in [0.1, 0.15) is 43.9 Å². The number of rotatable bonds is 8. The lowest BCUT2D eigenvalue weighted by Gasteiger charge is -2.30. The van der Waals surface area contributed by atoms with Gasteiger partial charge < -0.3 is 20.1 Å². The molecular formula is C23H26N2O4. The Morgan fingerprint density at radius 3 is 2.48 bits per heavy atom. The van der Waals surface area contributed by atoms with Gasteiger partial charge in [-0.2, -0.15) is 0 Å². The maximum Gasteiger partial charge on any atom is 0.338 e. The van der Waals surface area contributed by atoms with Crippen molar-refractivity contribution >= 4 is 12.0 Å². The largest absolute Gasteiger partial charge is 0.489 e. The first-order valence-electron chi connectivity index (χ1n) is 9.87. The summed E-state index contributed by atoms with van der Waals surface area (Å²) in [6.45, 7) is 4.40. The average molecular weight is 394 g/mol. The molecule has 6 heteroatoms. The van der Waals surface area contributed by atoms with Gasteiger partial charge in [0.25, 0.3) is 0 Å². The molecule has 1 atom stereocenters. The van der Waals surface area contributed by atoms with Crippen molar-refractivity contribution in [1.29, 1.82) is 0 Å². The number of nitrogens with one attached hydrogen (secondary N) is 2. The monoisotopic (exact) mass is 394 g/mol. The molecule has 2 amide bonds. The van der Waals surface area contributed by atoms with E-state index in [4.69, 9.17) is 9.47 Å². The van der Waals surface area contributed by atoms with E-state index in [1.807, 2.05) is 61.5 Å². The summed E-state index contributed by atoms with van der Waals surface area (Å²) in [6, 6.07) is 16.3. The van der Waals surface area contributed by atoms with Crippen LogP contribution < -0.4 is 15.4 Å². The second-order valence-corrected chi connectivity index (χ2v) is 6.71. The number of hydrogen-bond donors (Lipinski definition) is 2. The summed E-state index contributed by atoms with van der Waals surface area (Å²) >= 11 is 0. The molecule has 3 rings (SSSR count). The van der Waals surface area contributed by atoms with Gasteiger partial charge in [-0.15, -0.1) is 0 Å². The van der Waals surface area contributed by atoms with Crippen molar-refractivity contribution in [3.05, 3.63) is 77.0 Å². The molecule has 0 fully saturated rings. The predicted molar refractivity (Wildman–Crippen MR) is 110 cm³/mol. The zero-order valence-electron chi connectivity index (χ0n) is 16.7. The molecule has 0 saturated carbocycles. The molecule has 152 valence electrons. The van der Waals surface area contributed by atoms with E-state index >= 15 is 0 Å². The molecule has 0 spiro atoms. The van der Waals surface area contributed by atoms with Crippen LogP contribution in [0.5, 0.6) is 5.75 Å². The Labute approximate surface area is 170 Å². The van der Waals surface area contributed by atoms with Crippen LogP contribution in [-0.4, -0.2) is 18.6 Å². The summed E-state index contributed by atoms with van der Waals surface area (Å²) in [4.78, 5) is 25.1. The Bertz CT molecular complexity index is 893. The van der Waals surface area contributed by atoms with Crippen LogP contribution in [-0.2, 0) is 16.1 Å². The van der Waals surface area contributed by atoms with Crippen molar-refractivity contribution in [2.24, 2.45) is 0 Å². The number of carbonyl (C=O) groups excluding carboxylic acids is 2. The highest BCUT2D eigenvalue weighted by Gasteiger charge is 2.34. The molecule has 29 heavy (non-hydrogen) atoms. The highest BCUT2D eigenvalue weighted by molar-refractivity contribution is 5.95. The van der Waals surface area contributed by atoms with E-state index in [0.717, 1.165) is 17.5 Å². The third-order valence-corrected chi connectivity index (χ3v) is 4.62. The predicted octanol–water partition coefficient (Wildman–Crippen LogP) is 4.24. The third-order valence-electron chi connectivity index (χ3n) is 4.62. The molecule has 1 heterocycles. The smallest absolute Gasteiger partial charge is 0.338 e. The standard InChI is InChI=1S/C23H26N2O4/c1-3-10-18-20(22(26)28-4-2)21(25-23(27)24-18)17-13-8-9-14-19(17)29-15-16-11-6-5-7-12-16/h5-9,11-14,21H,3-4,10,15H2,1-2H3,(H2,24,25,27).